The average molecular weight is 491 g/mol. The maximum atomic E-state index is 9.29. The van der Waals surface area contributed by atoms with Crippen LogP contribution in [-0.2, 0) is 12.8 Å². The SMILES string of the molecule is I.N#Cc1cnc2c(c1)CCCC2.N=C(c1cnoc1)c1cc(O)ccc1N.[HH]. The van der Waals surface area contributed by atoms with Crippen molar-refractivity contribution in [2.24, 2.45) is 0 Å². The number of nitrogens with two attached hydrogens (primary N) is 1. The number of fused-ring (bicyclic) bond motifs is 1. The molecular weight excluding hydrogens is 469 g/mol. The number of halogens is 1. The summed E-state index contributed by atoms with van der Waals surface area (Å²) < 4.78 is 4.63. The Kier molecular flexibility index (Phi) is 7.52. The van der Waals surface area contributed by atoms with Crippen LogP contribution in [0.2, 0.25) is 0 Å². The fourth-order valence-corrected chi connectivity index (χ4v) is 2.89. The normalized spacial score (nSPS) is 11.8. The van der Waals surface area contributed by atoms with E-state index in [1.165, 1.54) is 48.7 Å². The second-order valence-electron chi connectivity index (χ2n) is 6.21. The Labute approximate surface area is 181 Å². The summed E-state index contributed by atoms with van der Waals surface area (Å²) in [6.45, 7) is 0. The number of hydrogen-bond acceptors (Lipinski definition) is 7. The van der Waals surface area contributed by atoms with Gasteiger partial charge >= 0.3 is 0 Å². The molecule has 2 heterocycles. The number of anilines is 1. The fourth-order valence-electron chi connectivity index (χ4n) is 2.89. The maximum absolute atomic E-state index is 9.29. The van der Waals surface area contributed by atoms with Crippen LogP contribution in [0.5, 0.6) is 5.75 Å². The van der Waals surface area contributed by atoms with Crippen molar-refractivity contribution in [3.8, 4) is 11.8 Å². The highest BCUT2D eigenvalue weighted by molar-refractivity contribution is 14.0. The lowest BCUT2D eigenvalue weighted by Gasteiger charge is -2.13. The molecule has 146 valence electrons. The molecule has 4 N–H and O–H groups in total. The first kappa shape index (κ1) is 21.4. The van der Waals surface area contributed by atoms with E-state index < -0.39 is 0 Å². The van der Waals surface area contributed by atoms with E-state index in [4.69, 9.17) is 16.4 Å². The third-order valence-corrected chi connectivity index (χ3v) is 4.33. The number of nitrogens with one attached hydrogen (secondary N) is 1. The summed E-state index contributed by atoms with van der Waals surface area (Å²) in [6.07, 6.45) is 9.11. The molecule has 0 aliphatic heterocycles. The first-order chi connectivity index (χ1) is 13.1. The number of phenolic OH excluding ortho intramolecular Hbond substituents is 1. The van der Waals surface area contributed by atoms with Crippen LogP contribution in [0, 0.1) is 16.7 Å². The molecule has 0 saturated heterocycles. The van der Waals surface area contributed by atoms with Crippen LogP contribution in [0.1, 0.15) is 42.2 Å². The van der Waals surface area contributed by atoms with Gasteiger partial charge in [-0.2, -0.15) is 5.26 Å². The van der Waals surface area contributed by atoms with E-state index in [1.807, 2.05) is 6.07 Å². The van der Waals surface area contributed by atoms with Gasteiger partial charge in [0.1, 0.15) is 18.1 Å². The molecule has 0 spiro atoms. The molecule has 0 saturated carbocycles. The number of hydrogen-bond donors (Lipinski definition) is 3. The number of aryl methyl sites for hydroxylation is 2. The highest BCUT2D eigenvalue weighted by Crippen LogP contribution is 2.21. The Morgan fingerprint density at radius 1 is 1.25 bits per heavy atom. The molecule has 0 unspecified atom stereocenters. The zero-order valence-electron chi connectivity index (χ0n) is 15.1. The molecule has 2 aromatic heterocycles. The van der Waals surface area contributed by atoms with E-state index in [-0.39, 0.29) is 36.9 Å². The molecule has 1 aliphatic carbocycles. The highest BCUT2D eigenvalue weighted by atomic mass is 127. The molecule has 4 rings (SSSR count). The topological polar surface area (TPSA) is 133 Å². The molecule has 0 bridgehead atoms. The molecule has 0 fully saturated rings. The Morgan fingerprint density at radius 2 is 2.04 bits per heavy atom. The first-order valence-corrected chi connectivity index (χ1v) is 8.53. The highest BCUT2D eigenvalue weighted by Gasteiger charge is 2.11. The Hall–Kier alpha value is -2.93. The lowest BCUT2D eigenvalue weighted by Crippen LogP contribution is -2.05. The van der Waals surface area contributed by atoms with Crippen molar-refractivity contribution in [1.82, 2.24) is 10.1 Å². The Bertz CT molecular complexity index is 1000. The van der Waals surface area contributed by atoms with E-state index in [9.17, 15) is 5.11 Å². The summed E-state index contributed by atoms with van der Waals surface area (Å²) in [5, 5.41) is 29.3. The maximum Gasteiger partial charge on any atom is 0.133 e. The summed E-state index contributed by atoms with van der Waals surface area (Å²) >= 11 is 0. The number of benzene rings is 1. The van der Waals surface area contributed by atoms with Crippen LogP contribution in [0.25, 0.3) is 0 Å². The van der Waals surface area contributed by atoms with Gasteiger partial charge in [-0.15, -0.1) is 24.0 Å². The lowest BCUT2D eigenvalue weighted by molar-refractivity contribution is 0.419. The zero-order valence-corrected chi connectivity index (χ0v) is 17.4. The second-order valence-corrected chi connectivity index (χ2v) is 6.21. The molecule has 1 aliphatic rings. The van der Waals surface area contributed by atoms with Gasteiger partial charge < -0.3 is 15.4 Å². The summed E-state index contributed by atoms with van der Waals surface area (Å²) in [5.41, 5.74) is 10.4. The predicted molar refractivity (Wildman–Crippen MR) is 118 cm³/mol. The third-order valence-electron chi connectivity index (χ3n) is 4.33. The van der Waals surface area contributed by atoms with E-state index in [1.54, 1.807) is 12.3 Å². The minimum Gasteiger partial charge on any atom is -0.508 e. The number of aromatic hydroxyl groups is 1. The molecule has 28 heavy (non-hydrogen) atoms. The Morgan fingerprint density at radius 3 is 2.75 bits per heavy atom. The summed E-state index contributed by atoms with van der Waals surface area (Å²) in [6, 6.07) is 8.54. The van der Waals surface area contributed by atoms with Crippen LogP contribution in [0.3, 0.4) is 0 Å². The van der Waals surface area contributed by atoms with Gasteiger partial charge in [-0.05, 0) is 55.5 Å². The number of pyridine rings is 1. The summed E-state index contributed by atoms with van der Waals surface area (Å²) in [4.78, 5) is 4.27. The predicted octanol–water partition coefficient (Wildman–Crippen LogP) is 4.07. The van der Waals surface area contributed by atoms with Crippen molar-refractivity contribution in [2.75, 3.05) is 5.73 Å². The number of aromatic nitrogens is 2. The molecular formula is C20H22IN5O2. The van der Waals surface area contributed by atoms with E-state index in [2.05, 4.69) is 20.7 Å². The van der Waals surface area contributed by atoms with Crippen molar-refractivity contribution in [3.05, 3.63) is 70.9 Å². The molecule has 1 aromatic carbocycles. The van der Waals surface area contributed by atoms with Gasteiger partial charge in [0.15, 0.2) is 0 Å². The largest absolute Gasteiger partial charge is 0.508 e. The zero-order chi connectivity index (χ0) is 19.2. The number of nitriles is 1. The van der Waals surface area contributed by atoms with Gasteiger partial charge in [-0.3, -0.25) is 10.4 Å². The van der Waals surface area contributed by atoms with Gasteiger partial charge in [0.05, 0.1) is 23.0 Å². The van der Waals surface area contributed by atoms with E-state index in [0.29, 0.717) is 22.4 Å². The smallest absolute Gasteiger partial charge is 0.133 e. The lowest BCUT2D eigenvalue weighted by atomic mass is 9.95. The van der Waals surface area contributed by atoms with Crippen molar-refractivity contribution >= 4 is 35.4 Å². The van der Waals surface area contributed by atoms with Crippen molar-refractivity contribution < 1.29 is 11.1 Å². The molecule has 0 radical (unpaired) electrons. The Balaban J connectivity index is 0.000000277. The van der Waals surface area contributed by atoms with Crippen molar-refractivity contribution in [1.29, 1.82) is 10.7 Å². The molecule has 3 aromatic rings. The molecule has 8 heteroatoms. The number of nitrogen functional groups attached to an aromatic ring is 1. The fraction of sp³-hybridized carbons (Fsp3) is 0.200. The van der Waals surface area contributed by atoms with E-state index >= 15 is 0 Å². The monoisotopic (exact) mass is 491 g/mol. The minimum absolute atomic E-state index is 0. The van der Waals surface area contributed by atoms with Crippen LogP contribution in [0.4, 0.5) is 5.69 Å². The van der Waals surface area contributed by atoms with Gasteiger partial charge in [-0.1, -0.05) is 5.16 Å². The average Bonchev–Trinajstić information content (AvgIpc) is 3.24. The molecule has 7 nitrogen and oxygen atoms in total. The standard InChI is InChI=1S/C10H9N3O2.C10H10N2.HI.H2/c11-9-2-1-7(14)3-8(9)10(12)6-4-13-15-5-6;11-6-8-5-9-3-1-2-4-10(9)12-7-8;;/h1-5,12,14H,11H2;5,7H,1-4H2;2*1H. The minimum atomic E-state index is 0. The van der Waals surface area contributed by atoms with Gasteiger partial charge in [-0.25, -0.2) is 0 Å². The third kappa shape index (κ3) is 5.07. The van der Waals surface area contributed by atoms with Crippen molar-refractivity contribution in [3.63, 3.8) is 0 Å². The second kappa shape index (κ2) is 9.85. The summed E-state index contributed by atoms with van der Waals surface area (Å²) in [7, 11) is 0. The van der Waals surface area contributed by atoms with Gasteiger partial charge in [0.2, 0.25) is 0 Å². The van der Waals surface area contributed by atoms with E-state index in [0.717, 1.165) is 12.8 Å². The number of nitrogens with zero attached hydrogens (tertiary/aromatic N) is 3. The summed E-state index contributed by atoms with van der Waals surface area (Å²) in [5.74, 6) is 0.0698. The first-order valence-electron chi connectivity index (χ1n) is 8.53. The van der Waals surface area contributed by atoms with Gasteiger partial charge in [0.25, 0.3) is 0 Å². The van der Waals surface area contributed by atoms with Crippen LogP contribution >= 0.6 is 24.0 Å². The van der Waals surface area contributed by atoms with Crippen molar-refractivity contribution in [2.45, 2.75) is 25.7 Å². The van der Waals surface area contributed by atoms with Crippen LogP contribution in [-0.4, -0.2) is 21.0 Å². The number of phenols is 1. The van der Waals surface area contributed by atoms with Gasteiger partial charge in [0, 0.05) is 24.6 Å². The molecule has 0 amide bonds. The number of rotatable bonds is 2. The van der Waals surface area contributed by atoms with Crippen LogP contribution in [0.15, 0.2) is 47.4 Å². The van der Waals surface area contributed by atoms with Crippen LogP contribution < -0.4 is 5.73 Å². The quantitative estimate of drug-likeness (QED) is 0.214. The molecule has 0 atom stereocenters.